The van der Waals surface area contributed by atoms with Crippen molar-refractivity contribution in [2.45, 2.75) is 0 Å². The summed E-state index contributed by atoms with van der Waals surface area (Å²) in [4.78, 5) is 14.7. The van der Waals surface area contributed by atoms with Crippen LogP contribution in [-0.2, 0) is 4.79 Å². The van der Waals surface area contributed by atoms with Gasteiger partial charge in [-0.15, -0.1) is 0 Å². The Morgan fingerprint density at radius 2 is 1.68 bits per heavy atom. The Balaban J connectivity index is 1.71. The van der Waals surface area contributed by atoms with Gasteiger partial charge in [0, 0.05) is 5.69 Å². The Morgan fingerprint density at radius 1 is 1.05 bits per heavy atom. The zero-order chi connectivity index (χ0) is 15.4. The van der Waals surface area contributed by atoms with E-state index in [0.29, 0.717) is 15.9 Å². The molecule has 1 aliphatic rings. The van der Waals surface area contributed by atoms with E-state index in [2.05, 4.69) is 5.32 Å². The number of rotatable bonds is 4. The summed E-state index contributed by atoms with van der Waals surface area (Å²) in [5, 5.41) is 3.21. The second-order valence-corrected chi connectivity index (χ2v) is 6.40. The first-order chi connectivity index (χ1) is 10.7. The lowest BCUT2D eigenvalue weighted by atomic mass is 10.2. The summed E-state index contributed by atoms with van der Waals surface area (Å²) in [6.07, 6.45) is 1.88. The second-order valence-electron chi connectivity index (χ2n) is 4.72. The van der Waals surface area contributed by atoms with Crippen LogP contribution in [0.2, 0.25) is 0 Å². The third-order valence-electron chi connectivity index (χ3n) is 3.19. The van der Waals surface area contributed by atoms with Crippen molar-refractivity contribution >= 4 is 46.0 Å². The molecule has 0 saturated carbocycles. The highest BCUT2D eigenvalue weighted by Crippen LogP contribution is 2.32. The van der Waals surface area contributed by atoms with Crippen molar-refractivity contribution < 1.29 is 4.79 Å². The molecule has 0 bridgehead atoms. The van der Waals surface area contributed by atoms with Crippen LogP contribution in [0.4, 0.5) is 5.69 Å². The van der Waals surface area contributed by atoms with Crippen LogP contribution < -0.4 is 5.32 Å². The van der Waals surface area contributed by atoms with Gasteiger partial charge in [-0.3, -0.25) is 9.69 Å². The molecular formula is C17H14N2OS2. The molecule has 1 saturated heterocycles. The predicted octanol–water partition coefficient (Wildman–Crippen LogP) is 3.96. The summed E-state index contributed by atoms with van der Waals surface area (Å²) in [5.41, 5.74) is 1.96. The van der Waals surface area contributed by atoms with Crippen LogP contribution in [0, 0.1) is 0 Å². The molecule has 1 heterocycles. The van der Waals surface area contributed by atoms with Gasteiger partial charge in [0.25, 0.3) is 5.91 Å². The molecule has 1 amide bonds. The monoisotopic (exact) mass is 326 g/mol. The Labute approximate surface area is 139 Å². The Morgan fingerprint density at radius 3 is 2.36 bits per heavy atom. The van der Waals surface area contributed by atoms with Gasteiger partial charge in [-0.1, -0.05) is 72.5 Å². The topological polar surface area (TPSA) is 32.3 Å². The molecule has 110 valence electrons. The lowest BCUT2D eigenvalue weighted by molar-refractivity contribution is -0.121. The van der Waals surface area contributed by atoms with Crippen molar-refractivity contribution in [1.29, 1.82) is 0 Å². The number of para-hydroxylation sites is 1. The van der Waals surface area contributed by atoms with Gasteiger partial charge in [0.05, 0.1) is 11.6 Å². The van der Waals surface area contributed by atoms with Gasteiger partial charge in [-0.2, -0.15) is 0 Å². The molecule has 2 aromatic carbocycles. The van der Waals surface area contributed by atoms with E-state index < -0.39 is 0 Å². The predicted molar refractivity (Wildman–Crippen MR) is 96.4 cm³/mol. The van der Waals surface area contributed by atoms with Gasteiger partial charge in [0.1, 0.15) is 4.32 Å². The summed E-state index contributed by atoms with van der Waals surface area (Å²) in [6.45, 7) is 0.376. The number of anilines is 1. The lowest BCUT2D eigenvalue weighted by Gasteiger charge is -2.16. The minimum Gasteiger partial charge on any atom is -0.367 e. The maximum Gasteiger partial charge on any atom is 0.267 e. The van der Waals surface area contributed by atoms with E-state index in [1.165, 1.54) is 11.8 Å². The fraction of sp³-hybridized carbons (Fsp3) is 0.0588. The molecule has 5 heteroatoms. The zero-order valence-electron chi connectivity index (χ0n) is 11.7. The molecule has 1 N–H and O–H groups in total. The number of nitrogens with zero attached hydrogens (tertiary/aromatic N) is 1. The number of benzene rings is 2. The summed E-state index contributed by atoms with van der Waals surface area (Å²) < 4.78 is 0.579. The Bertz CT molecular complexity index is 714. The fourth-order valence-corrected chi connectivity index (χ4v) is 3.32. The number of thioether (sulfide) groups is 1. The highest BCUT2D eigenvalue weighted by atomic mass is 32.2. The van der Waals surface area contributed by atoms with Crippen LogP contribution in [0.3, 0.4) is 0 Å². The van der Waals surface area contributed by atoms with E-state index >= 15 is 0 Å². The van der Waals surface area contributed by atoms with Crippen molar-refractivity contribution in [3.63, 3.8) is 0 Å². The van der Waals surface area contributed by atoms with Gasteiger partial charge in [0.15, 0.2) is 0 Å². The van der Waals surface area contributed by atoms with Gasteiger partial charge in [-0.25, -0.2) is 0 Å². The number of thiocarbonyl (C=S) groups is 1. The molecule has 0 aromatic heterocycles. The zero-order valence-corrected chi connectivity index (χ0v) is 13.4. The largest absolute Gasteiger partial charge is 0.367 e. The van der Waals surface area contributed by atoms with Gasteiger partial charge in [0.2, 0.25) is 0 Å². The van der Waals surface area contributed by atoms with Crippen molar-refractivity contribution in [2.24, 2.45) is 0 Å². The van der Waals surface area contributed by atoms with E-state index in [9.17, 15) is 4.79 Å². The number of hydrogen-bond donors (Lipinski definition) is 1. The first-order valence-corrected chi connectivity index (χ1v) is 8.06. The maximum atomic E-state index is 12.5. The van der Waals surface area contributed by atoms with Crippen molar-refractivity contribution in [1.82, 2.24) is 4.90 Å². The first kappa shape index (κ1) is 14.8. The number of nitrogens with one attached hydrogen (secondary N) is 1. The highest BCUT2D eigenvalue weighted by Gasteiger charge is 2.31. The van der Waals surface area contributed by atoms with Crippen LogP contribution in [-0.4, -0.2) is 21.8 Å². The Kier molecular flexibility index (Phi) is 4.56. The number of hydrogen-bond acceptors (Lipinski definition) is 4. The van der Waals surface area contributed by atoms with E-state index in [0.717, 1.165) is 11.3 Å². The van der Waals surface area contributed by atoms with Crippen molar-refractivity contribution in [2.75, 3.05) is 12.0 Å². The smallest absolute Gasteiger partial charge is 0.267 e. The minimum absolute atomic E-state index is 0.0534. The van der Waals surface area contributed by atoms with E-state index in [1.807, 2.05) is 66.7 Å². The molecule has 0 spiro atoms. The normalized spacial score (nSPS) is 16.4. The number of amides is 1. The van der Waals surface area contributed by atoms with Crippen LogP contribution >= 0.6 is 24.0 Å². The number of carbonyl (C=O) groups excluding carboxylic acids is 1. The van der Waals surface area contributed by atoms with Crippen molar-refractivity contribution in [3.05, 3.63) is 71.1 Å². The van der Waals surface area contributed by atoms with E-state index in [-0.39, 0.29) is 5.91 Å². The quantitative estimate of drug-likeness (QED) is 0.681. The molecule has 1 fully saturated rings. The van der Waals surface area contributed by atoms with Crippen LogP contribution in [0.15, 0.2) is 65.6 Å². The van der Waals surface area contributed by atoms with Crippen LogP contribution in [0.25, 0.3) is 6.08 Å². The van der Waals surface area contributed by atoms with Crippen molar-refractivity contribution in [3.8, 4) is 0 Å². The first-order valence-electron chi connectivity index (χ1n) is 6.83. The Hall–Kier alpha value is -2.11. The molecule has 0 atom stereocenters. The van der Waals surface area contributed by atoms with Gasteiger partial charge in [-0.05, 0) is 23.8 Å². The van der Waals surface area contributed by atoms with E-state index in [4.69, 9.17) is 12.2 Å². The molecular weight excluding hydrogens is 312 g/mol. The average Bonchev–Trinajstić information content (AvgIpc) is 2.81. The maximum absolute atomic E-state index is 12.5. The summed E-state index contributed by atoms with van der Waals surface area (Å²) in [7, 11) is 0. The highest BCUT2D eigenvalue weighted by molar-refractivity contribution is 8.26. The average molecular weight is 326 g/mol. The summed E-state index contributed by atoms with van der Waals surface area (Å²) in [6, 6.07) is 19.5. The third kappa shape index (κ3) is 3.37. The minimum atomic E-state index is -0.0534. The summed E-state index contributed by atoms with van der Waals surface area (Å²) in [5.74, 6) is -0.0534. The van der Waals surface area contributed by atoms with Gasteiger partial charge >= 0.3 is 0 Å². The molecule has 1 aliphatic heterocycles. The number of carbonyl (C=O) groups is 1. The van der Waals surface area contributed by atoms with Crippen LogP contribution in [0.1, 0.15) is 5.56 Å². The molecule has 0 unspecified atom stereocenters. The SMILES string of the molecule is O=C1/C(=C/c2ccccc2)SC(=S)N1CNc1ccccc1. The van der Waals surface area contributed by atoms with E-state index in [1.54, 1.807) is 4.90 Å². The summed E-state index contributed by atoms with van der Waals surface area (Å²) >= 11 is 6.65. The second kappa shape index (κ2) is 6.77. The third-order valence-corrected chi connectivity index (χ3v) is 4.56. The van der Waals surface area contributed by atoms with Crippen LogP contribution in [0.5, 0.6) is 0 Å². The standard InChI is InChI=1S/C17H14N2OS2/c20-16-15(11-13-7-3-1-4-8-13)22-17(21)19(16)12-18-14-9-5-2-6-10-14/h1-11,18H,12H2/b15-11-. The fourth-order valence-electron chi connectivity index (χ4n) is 2.06. The molecule has 3 nitrogen and oxygen atoms in total. The molecule has 2 aromatic rings. The molecule has 0 radical (unpaired) electrons. The van der Waals surface area contributed by atoms with Gasteiger partial charge < -0.3 is 5.32 Å². The lowest BCUT2D eigenvalue weighted by Crippen LogP contribution is -2.33. The molecule has 3 rings (SSSR count). The molecule has 0 aliphatic carbocycles. The molecule has 22 heavy (non-hydrogen) atoms.